The Kier molecular flexibility index (Phi) is 8.22. The normalized spacial score (nSPS) is 13.9. The van der Waals surface area contributed by atoms with Crippen LogP contribution in [-0.4, -0.2) is 33.1 Å². The molecule has 0 saturated heterocycles. The molecule has 8 nitrogen and oxygen atoms in total. The van der Waals surface area contributed by atoms with Gasteiger partial charge in [0, 0.05) is 23.9 Å². The highest BCUT2D eigenvalue weighted by atomic mass is 35.5. The minimum absolute atomic E-state index is 0.0990. The summed E-state index contributed by atoms with van der Waals surface area (Å²) in [5.41, 5.74) is 3.81. The van der Waals surface area contributed by atoms with E-state index < -0.39 is 17.4 Å². The van der Waals surface area contributed by atoms with Gasteiger partial charge < -0.3 is 24.8 Å². The molecule has 0 spiro atoms. The first kappa shape index (κ1) is 27.0. The number of amides is 2. The van der Waals surface area contributed by atoms with Crippen LogP contribution in [0.25, 0.3) is 11.1 Å². The maximum Gasteiger partial charge on any atom is 0.255 e. The average molecular weight is 537 g/mol. The van der Waals surface area contributed by atoms with Crippen molar-refractivity contribution in [3.8, 4) is 28.4 Å². The van der Waals surface area contributed by atoms with E-state index in [1.807, 2.05) is 12.1 Å². The zero-order valence-corrected chi connectivity index (χ0v) is 22.4. The van der Waals surface area contributed by atoms with Gasteiger partial charge in [0.25, 0.3) is 5.91 Å². The van der Waals surface area contributed by atoms with Crippen LogP contribution < -0.4 is 30.3 Å². The molecule has 9 heteroatoms. The second kappa shape index (κ2) is 11.6. The zero-order valence-electron chi connectivity index (χ0n) is 21.6. The quantitative estimate of drug-likeness (QED) is 0.418. The van der Waals surface area contributed by atoms with Gasteiger partial charge >= 0.3 is 0 Å². The van der Waals surface area contributed by atoms with Crippen LogP contribution in [0.5, 0.6) is 17.2 Å². The highest BCUT2D eigenvalue weighted by Gasteiger charge is 2.29. The van der Waals surface area contributed by atoms with E-state index >= 15 is 0 Å². The molecule has 1 atom stereocenters. The number of anilines is 1. The van der Waals surface area contributed by atoms with Crippen molar-refractivity contribution in [2.24, 2.45) is 0 Å². The van der Waals surface area contributed by atoms with Gasteiger partial charge in [-0.2, -0.15) is 0 Å². The molecule has 3 aromatic carbocycles. The van der Waals surface area contributed by atoms with Crippen molar-refractivity contribution in [1.82, 2.24) is 5.32 Å². The summed E-state index contributed by atoms with van der Waals surface area (Å²) in [5.74, 6) is 0.993. The lowest BCUT2D eigenvalue weighted by Gasteiger charge is -2.19. The summed E-state index contributed by atoms with van der Waals surface area (Å²) in [6.45, 7) is 1.44. The first-order valence-corrected chi connectivity index (χ1v) is 12.6. The second-order valence-electron chi connectivity index (χ2n) is 8.88. The van der Waals surface area contributed by atoms with Crippen molar-refractivity contribution in [3.05, 3.63) is 81.0 Å². The number of halogens is 1. The molecule has 0 aliphatic heterocycles. The fourth-order valence-corrected chi connectivity index (χ4v) is 4.97. The Morgan fingerprint density at radius 3 is 2.42 bits per heavy atom. The lowest BCUT2D eigenvalue weighted by molar-refractivity contribution is -0.119. The molecule has 1 aliphatic rings. The number of ether oxygens (including phenoxy) is 3. The van der Waals surface area contributed by atoms with Gasteiger partial charge in [-0.25, -0.2) is 0 Å². The fraction of sp³-hybridized carbons (Fsp3) is 0.276. The smallest absolute Gasteiger partial charge is 0.255 e. The maximum atomic E-state index is 13.4. The molecule has 0 fully saturated rings. The van der Waals surface area contributed by atoms with Gasteiger partial charge in [0.15, 0.2) is 11.5 Å². The van der Waals surface area contributed by atoms with Crippen LogP contribution in [0.2, 0.25) is 0 Å². The zero-order chi connectivity index (χ0) is 27.4. The van der Waals surface area contributed by atoms with Crippen LogP contribution >= 0.6 is 11.6 Å². The van der Waals surface area contributed by atoms with E-state index in [1.54, 1.807) is 37.4 Å². The summed E-state index contributed by atoms with van der Waals surface area (Å²) in [5, 5.41) is 5.69. The molecule has 198 valence electrons. The van der Waals surface area contributed by atoms with Gasteiger partial charge in [0.1, 0.15) is 0 Å². The Balaban J connectivity index is 1.91. The number of carbonyl (C=O) groups is 2. The summed E-state index contributed by atoms with van der Waals surface area (Å²) < 4.78 is 16.9. The SMILES string of the molecule is COc1cc2c(c(OC)c1OC)-c1ccc(NC(=O)c3cccc(CCl)c3)c(=O)cc1[C@@H](NC(C)=O)CC2. The number of methoxy groups -OCH3 is 3. The molecule has 0 aromatic heterocycles. The summed E-state index contributed by atoms with van der Waals surface area (Å²) in [7, 11) is 4.62. The van der Waals surface area contributed by atoms with Crippen molar-refractivity contribution in [1.29, 1.82) is 0 Å². The third-order valence-corrected chi connectivity index (χ3v) is 6.82. The summed E-state index contributed by atoms with van der Waals surface area (Å²) in [4.78, 5) is 38.5. The largest absolute Gasteiger partial charge is 0.493 e. The highest BCUT2D eigenvalue weighted by molar-refractivity contribution is 6.17. The van der Waals surface area contributed by atoms with Gasteiger partial charge in [-0.05, 0) is 65.4 Å². The molecular weight excluding hydrogens is 508 g/mol. The molecule has 2 amide bonds. The van der Waals surface area contributed by atoms with Crippen molar-refractivity contribution in [2.45, 2.75) is 31.7 Å². The Hall–Kier alpha value is -4.04. The minimum atomic E-state index is -0.444. The fourth-order valence-electron chi connectivity index (χ4n) is 4.80. The van der Waals surface area contributed by atoms with Crippen molar-refractivity contribution in [3.63, 3.8) is 0 Å². The van der Waals surface area contributed by atoms with Crippen molar-refractivity contribution < 1.29 is 23.8 Å². The lowest BCUT2D eigenvalue weighted by Crippen LogP contribution is -2.26. The molecule has 0 saturated carbocycles. The maximum absolute atomic E-state index is 13.4. The molecule has 0 bridgehead atoms. The number of nitrogens with one attached hydrogen (secondary N) is 2. The Morgan fingerprint density at radius 2 is 1.76 bits per heavy atom. The monoisotopic (exact) mass is 536 g/mol. The van der Waals surface area contributed by atoms with E-state index in [9.17, 15) is 14.4 Å². The standard InChI is InChI=1S/C29H29ClN2O6/c1-16(33)31-22-10-8-18-13-25(36-2)27(37-3)28(38-4)26(18)20-9-11-23(24(34)14-21(20)22)32-29(35)19-7-5-6-17(12-19)15-30/h5-7,9,11-14,22H,8,10,15H2,1-4H3,(H,31,33)(H,32,34,35)/t22-/m0/s1. The molecule has 0 unspecified atom stereocenters. The molecule has 3 aromatic rings. The van der Waals surface area contributed by atoms with Gasteiger partial charge in [0.2, 0.25) is 17.1 Å². The van der Waals surface area contributed by atoms with Crippen molar-refractivity contribution in [2.75, 3.05) is 26.6 Å². The van der Waals surface area contributed by atoms with Crippen molar-refractivity contribution >= 4 is 29.1 Å². The molecular formula is C29H29ClN2O6. The van der Waals surface area contributed by atoms with E-state index in [4.69, 9.17) is 25.8 Å². The number of hydrogen-bond donors (Lipinski definition) is 2. The Bertz CT molecular complexity index is 1460. The van der Waals surface area contributed by atoms with Crippen LogP contribution in [0.3, 0.4) is 0 Å². The lowest BCUT2D eigenvalue weighted by atomic mass is 9.95. The number of hydrogen-bond acceptors (Lipinski definition) is 6. The average Bonchev–Trinajstić information content (AvgIpc) is 3.16. The summed E-state index contributed by atoms with van der Waals surface area (Å²) in [6, 6.07) is 13.1. The molecule has 2 N–H and O–H groups in total. The van der Waals surface area contributed by atoms with Gasteiger partial charge in [-0.15, -0.1) is 11.6 Å². The van der Waals surface area contributed by atoms with Crippen LogP contribution in [-0.2, 0) is 17.1 Å². The third-order valence-electron chi connectivity index (χ3n) is 6.51. The number of benzene rings is 2. The predicted octanol–water partition coefficient (Wildman–Crippen LogP) is 4.85. The highest BCUT2D eigenvalue weighted by Crippen LogP contribution is 2.50. The van der Waals surface area contributed by atoms with Gasteiger partial charge in [-0.3, -0.25) is 14.4 Å². The topological polar surface area (TPSA) is 103 Å². The first-order chi connectivity index (χ1) is 18.3. The minimum Gasteiger partial charge on any atom is -0.493 e. The van der Waals surface area contributed by atoms with E-state index in [2.05, 4.69) is 10.6 Å². The van der Waals surface area contributed by atoms with E-state index in [1.165, 1.54) is 27.2 Å². The summed E-state index contributed by atoms with van der Waals surface area (Å²) in [6.07, 6.45) is 1.12. The number of fused-ring (bicyclic) bond motifs is 3. The number of alkyl halides is 1. The number of carbonyl (C=O) groups excluding carboxylic acids is 2. The Morgan fingerprint density at radius 1 is 1.00 bits per heavy atom. The molecule has 4 rings (SSSR count). The van der Waals surface area contributed by atoms with Crippen LogP contribution in [0.15, 0.2) is 53.3 Å². The second-order valence-corrected chi connectivity index (χ2v) is 9.15. The van der Waals surface area contributed by atoms with E-state index in [0.717, 1.165) is 16.7 Å². The van der Waals surface area contributed by atoms with Gasteiger partial charge in [0.05, 0.1) is 33.1 Å². The molecule has 0 heterocycles. The van der Waals surface area contributed by atoms with Gasteiger partial charge in [-0.1, -0.05) is 18.2 Å². The van der Waals surface area contributed by atoms with Crippen LogP contribution in [0, 0.1) is 0 Å². The predicted molar refractivity (Wildman–Crippen MR) is 147 cm³/mol. The van der Waals surface area contributed by atoms with E-state index in [0.29, 0.717) is 46.8 Å². The molecule has 1 aliphatic carbocycles. The van der Waals surface area contributed by atoms with Crippen LogP contribution in [0.4, 0.5) is 5.69 Å². The van der Waals surface area contributed by atoms with Crippen LogP contribution in [0.1, 0.15) is 46.4 Å². The third kappa shape index (κ3) is 5.31. The first-order valence-electron chi connectivity index (χ1n) is 12.0. The molecule has 0 radical (unpaired) electrons. The number of rotatable bonds is 7. The Labute approximate surface area is 225 Å². The van der Waals surface area contributed by atoms with E-state index in [-0.39, 0.29) is 17.5 Å². The summed E-state index contributed by atoms with van der Waals surface area (Å²) >= 11 is 5.91. The number of aryl methyl sites for hydroxylation is 1. The molecule has 38 heavy (non-hydrogen) atoms.